The van der Waals surface area contributed by atoms with Gasteiger partial charge >= 0.3 is 0 Å². The Balaban J connectivity index is 1.93. The number of rotatable bonds is 6. The Morgan fingerprint density at radius 3 is 2.73 bits per heavy atom. The topological polar surface area (TPSA) is 62.2 Å². The lowest BCUT2D eigenvalue weighted by Crippen LogP contribution is -2.33. The zero-order valence-electron chi connectivity index (χ0n) is 12.5. The third kappa shape index (κ3) is 4.11. The zero-order valence-corrected chi connectivity index (χ0v) is 13.4. The lowest BCUT2D eigenvalue weighted by atomic mass is 10.0. The average Bonchev–Trinajstić information content (AvgIpc) is 2.96. The van der Waals surface area contributed by atoms with Crippen molar-refractivity contribution in [2.45, 2.75) is 38.8 Å². The van der Waals surface area contributed by atoms with E-state index in [0.717, 1.165) is 5.69 Å². The third-order valence-electron chi connectivity index (χ3n) is 3.39. The summed E-state index contributed by atoms with van der Waals surface area (Å²) in [6.07, 6.45) is 0.319. The van der Waals surface area contributed by atoms with Crippen molar-refractivity contribution in [3.05, 3.63) is 51.7 Å². The van der Waals surface area contributed by atoms with E-state index in [-0.39, 0.29) is 17.8 Å². The van der Waals surface area contributed by atoms with Gasteiger partial charge in [-0.25, -0.2) is 9.37 Å². The third-order valence-corrected chi connectivity index (χ3v) is 4.26. The molecule has 0 aliphatic rings. The van der Waals surface area contributed by atoms with Crippen LogP contribution in [0.2, 0.25) is 0 Å². The highest BCUT2D eigenvalue weighted by Gasteiger charge is 2.18. The average molecular weight is 322 g/mol. The Morgan fingerprint density at radius 1 is 1.41 bits per heavy atom. The normalized spacial score (nSPS) is 13.6. The summed E-state index contributed by atoms with van der Waals surface area (Å²) in [5.41, 5.74) is 3.08. The molecule has 2 N–H and O–H groups in total. The molecule has 2 atom stereocenters. The number of aromatic nitrogens is 1. The van der Waals surface area contributed by atoms with E-state index in [4.69, 9.17) is 0 Å². The number of carbonyl (C=O) groups is 1. The van der Waals surface area contributed by atoms with Gasteiger partial charge in [0.15, 0.2) is 0 Å². The smallest absolute Gasteiger partial charge is 0.263 e. The fraction of sp³-hybridized carbons (Fsp3) is 0.375. The molecule has 1 heterocycles. The molecule has 118 valence electrons. The van der Waals surface area contributed by atoms with E-state index >= 15 is 0 Å². The Hall–Kier alpha value is -1.79. The molecular formula is C16H19FN2O2S. The van der Waals surface area contributed by atoms with Crippen LogP contribution < -0.4 is 5.32 Å². The number of nitrogens with one attached hydrogen (secondary N) is 1. The molecule has 1 aromatic carbocycles. The minimum absolute atomic E-state index is 0.168. The minimum atomic E-state index is -0.747. The summed E-state index contributed by atoms with van der Waals surface area (Å²) in [5.74, 6) is -0.507. The van der Waals surface area contributed by atoms with Gasteiger partial charge in [-0.15, -0.1) is 11.3 Å². The SMILES string of the molecule is CCc1ncsc1C(=O)NC(C)CC(O)c1ccc(F)cc1. The molecule has 0 fully saturated rings. The summed E-state index contributed by atoms with van der Waals surface area (Å²) >= 11 is 1.31. The number of benzene rings is 1. The van der Waals surface area contributed by atoms with E-state index in [0.29, 0.717) is 23.3 Å². The molecule has 2 aromatic rings. The van der Waals surface area contributed by atoms with E-state index in [1.165, 1.54) is 23.5 Å². The number of aliphatic hydroxyl groups is 1. The van der Waals surface area contributed by atoms with Gasteiger partial charge in [0, 0.05) is 6.04 Å². The number of aliphatic hydroxyl groups excluding tert-OH is 1. The predicted molar refractivity (Wildman–Crippen MR) is 84.4 cm³/mol. The molecule has 0 saturated heterocycles. The number of hydrogen-bond donors (Lipinski definition) is 2. The van der Waals surface area contributed by atoms with Crippen molar-refractivity contribution in [3.63, 3.8) is 0 Å². The van der Waals surface area contributed by atoms with Crippen molar-refractivity contribution in [1.82, 2.24) is 10.3 Å². The summed E-state index contributed by atoms with van der Waals surface area (Å²) in [6, 6.07) is 5.51. The number of hydrogen-bond acceptors (Lipinski definition) is 4. The standard InChI is InChI=1S/C16H19FN2O2S/c1-3-13-15(22-9-18-13)16(21)19-10(2)8-14(20)11-4-6-12(17)7-5-11/h4-7,9-10,14,20H,3,8H2,1-2H3,(H,19,21). The van der Waals surface area contributed by atoms with Crippen LogP contribution >= 0.6 is 11.3 Å². The summed E-state index contributed by atoms with van der Waals surface area (Å²) < 4.78 is 12.9. The van der Waals surface area contributed by atoms with Gasteiger partial charge in [0.1, 0.15) is 10.7 Å². The molecule has 0 spiro atoms. The summed E-state index contributed by atoms with van der Waals surface area (Å²) in [5, 5.41) is 13.0. The number of aryl methyl sites for hydroxylation is 1. The number of thiazole rings is 1. The molecule has 0 aliphatic carbocycles. The van der Waals surface area contributed by atoms with Crippen molar-refractivity contribution >= 4 is 17.2 Å². The van der Waals surface area contributed by atoms with Crippen molar-refractivity contribution < 1.29 is 14.3 Å². The molecule has 22 heavy (non-hydrogen) atoms. The predicted octanol–water partition coefficient (Wildman–Crippen LogP) is 3.09. The molecule has 0 bridgehead atoms. The van der Waals surface area contributed by atoms with Crippen LogP contribution in [0.3, 0.4) is 0 Å². The highest BCUT2D eigenvalue weighted by molar-refractivity contribution is 7.11. The second-order valence-corrected chi connectivity index (χ2v) is 6.01. The molecule has 6 heteroatoms. The minimum Gasteiger partial charge on any atom is -0.388 e. The van der Waals surface area contributed by atoms with Crippen molar-refractivity contribution in [3.8, 4) is 0 Å². The number of carbonyl (C=O) groups excluding carboxylic acids is 1. The maximum atomic E-state index is 12.9. The largest absolute Gasteiger partial charge is 0.388 e. The van der Waals surface area contributed by atoms with Gasteiger partial charge in [-0.3, -0.25) is 4.79 Å². The van der Waals surface area contributed by atoms with Crippen LogP contribution in [-0.4, -0.2) is 22.0 Å². The van der Waals surface area contributed by atoms with Crippen LogP contribution in [0.4, 0.5) is 4.39 Å². The van der Waals surface area contributed by atoms with E-state index in [9.17, 15) is 14.3 Å². The van der Waals surface area contributed by atoms with Crippen molar-refractivity contribution in [1.29, 1.82) is 0 Å². The van der Waals surface area contributed by atoms with Crippen LogP contribution in [0.25, 0.3) is 0 Å². The lowest BCUT2D eigenvalue weighted by molar-refractivity contribution is 0.0920. The van der Waals surface area contributed by atoms with Crippen LogP contribution in [0, 0.1) is 5.82 Å². The molecule has 0 aliphatic heterocycles. The highest BCUT2D eigenvalue weighted by Crippen LogP contribution is 2.19. The van der Waals surface area contributed by atoms with E-state index < -0.39 is 6.10 Å². The molecule has 1 amide bonds. The first-order valence-corrected chi connectivity index (χ1v) is 8.06. The Kier molecular flexibility index (Phi) is 5.63. The van der Waals surface area contributed by atoms with E-state index in [2.05, 4.69) is 10.3 Å². The van der Waals surface area contributed by atoms with Crippen LogP contribution in [-0.2, 0) is 6.42 Å². The van der Waals surface area contributed by atoms with Crippen LogP contribution in [0.5, 0.6) is 0 Å². The summed E-state index contributed by atoms with van der Waals surface area (Å²) in [6.45, 7) is 3.78. The van der Waals surface area contributed by atoms with Crippen molar-refractivity contribution in [2.75, 3.05) is 0 Å². The first-order valence-electron chi connectivity index (χ1n) is 7.18. The van der Waals surface area contributed by atoms with Gasteiger partial charge in [0.2, 0.25) is 0 Å². The van der Waals surface area contributed by atoms with Gasteiger partial charge in [0.05, 0.1) is 17.3 Å². The number of nitrogens with zero attached hydrogens (tertiary/aromatic N) is 1. The van der Waals surface area contributed by atoms with Crippen LogP contribution in [0.15, 0.2) is 29.8 Å². The molecule has 0 saturated carbocycles. The first kappa shape index (κ1) is 16.6. The molecule has 2 rings (SSSR count). The van der Waals surface area contributed by atoms with E-state index in [1.807, 2.05) is 13.8 Å². The number of amides is 1. The number of halogens is 1. The Labute approximate surface area is 133 Å². The monoisotopic (exact) mass is 322 g/mol. The molecule has 1 aromatic heterocycles. The Morgan fingerprint density at radius 2 is 2.09 bits per heavy atom. The second-order valence-electron chi connectivity index (χ2n) is 5.16. The summed E-state index contributed by atoms with van der Waals surface area (Å²) in [7, 11) is 0. The fourth-order valence-electron chi connectivity index (χ4n) is 2.21. The van der Waals surface area contributed by atoms with Crippen LogP contribution in [0.1, 0.15) is 47.3 Å². The maximum absolute atomic E-state index is 12.9. The summed E-state index contributed by atoms with van der Waals surface area (Å²) in [4.78, 5) is 17.0. The van der Waals surface area contributed by atoms with Gasteiger partial charge < -0.3 is 10.4 Å². The molecule has 0 radical (unpaired) electrons. The molecule has 2 unspecified atom stereocenters. The molecular weight excluding hydrogens is 303 g/mol. The quantitative estimate of drug-likeness (QED) is 0.859. The lowest BCUT2D eigenvalue weighted by Gasteiger charge is -2.18. The van der Waals surface area contributed by atoms with E-state index in [1.54, 1.807) is 17.6 Å². The van der Waals surface area contributed by atoms with Crippen molar-refractivity contribution in [2.24, 2.45) is 0 Å². The maximum Gasteiger partial charge on any atom is 0.263 e. The first-order chi connectivity index (χ1) is 10.5. The van der Waals surface area contributed by atoms with Gasteiger partial charge in [0.25, 0.3) is 5.91 Å². The van der Waals surface area contributed by atoms with Gasteiger partial charge in [-0.05, 0) is 37.5 Å². The Bertz CT molecular complexity index is 627. The fourth-order valence-corrected chi connectivity index (χ4v) is 2.99. The second kappa shape index (κ2) is 7.47. The zero-order chi connectivity index (χ0) is 16.1. The highest BCUT2D eigenvalue weighted by atomic mass is 32.1. The van der Waals surface area contributed by atoms with Gasteiger partial charge in [-0.2, -0.15) is 0 Å². The molecule has 4 nitrogen and oxygen atoms in total. The van der Waals surface area contributed by atoms with Gasteiger partial charge in [-0.1, -0.05) is 19.1 Å².